The highest BCUT2D eigenvalue weighted by molar-refractivity contribution is 5.81. The maximum Gasteiger partial charge on any atom is 0.408 e. The van der Waals surface area contributed by atoms with Crippen LogP contribution in [-0.2, 0) is 9.53 Å². The van der Waals surface area contributed by atoms with Gasteiger partial charge in [0.2, 0.25) is 0 Å². The van der Waals surface area contributed by atoms with Crippen molar-refractivity contribution >= 4 is 12.1 Å². The number of ether oxygens (including phenoxy) is 1. The average molecular weight is 245 g/mol. The van der Waals surface area contributed by atoms with Gasteiger partial charge in [-0.25, -0.2) is 9.59 Å². The number of hydrogen-bond donors (Lipinski definition) is 3. The van der Waals surface area contributed by atoms with Crippen molar-refractivity contribution < 1.29 is 29.6 Å². The van der Waals surface area contributed by atoms with Crippen LogP contribution in [-0.4, -0.2) is 64.2 Å². The Hall–Kier alpha value is -1.34. The molecule has 0 aromatic carbocycles. The maximum atomic E-state index is 11.0. The molecule has 7 heteroatoms. The predicted octanol–water partition coefficient (Wildman–Crippen LogP) is -0.409. The number of fused-ring (bicyclic) bond motifs is 1. The van der Waals surface area contributed by atoms with E-state index >= 15 is 0 Å². The molecule has 1 amide bonds. The summed E-state index contributed by atoms with van der Waals surface area (Å²) in [5.41, 5.74) is -0.351. The summed E-state index contributed by atoms with van der Waals surface area (Å²) < 4.78 is 5.21. The summed E-state index contributed by atoms with van der Waals surface area (Å²) in [5.74, 6) is -1.11. The first-order valence-electron chi connectivity index (χ1n) is 5.44. The smallest absolute Gasteiger partial charge is 0.408 e. The number of aliphatic carboxylic acids is 1. The third-order valence-electron chi connectivity index (χ3n) is 3.55. The second-order valence-electron chi connectivity index (χ2n) is 4.61. The quantitative estimate of drug-likeness (QED) is 0.568. The highest BCUT2D eigenvalue weighted by atomic mass is 16.5. The van der Waals surface area contributed by atoms with E-state index in [1.54, 1.807) is 0 Å². The molecule has 17 heavy (non-hydrogen) atoms. The van der Waals surface area contributed by atoms with Crippen LogP contribution in [0.15, 0.2) is 0 Å². The molecular weight excluding hydrogens is 230 g/mol. The monoisotopic (exact) mass is 245 g/mol. The molecule has 2 fully saturated rings. The zero-order chi connectivity index (χ0) is 12.6. The normalized spacial score (nSPS) is 34.5. The molecule has 3 atom stereocenters. The van der Waals surface area contributed by atoms with Gasteiger partial charge in [0.25, 0.3) is 0 Å². The van der Waals surface area contributed by atoms with Crippen molar-refractivity contribution in [1.29, 1.82) is 0 Å². The Bertz CT molecular complexity index is 346. The SMILES string of the molecule is O=C(O)[C@@H]1C[C@]2(COCCO)C[C@@H]2N1C(=O)O. The Morgan fingerprint density at radius 3 is 2.53 bits per heavy atom. The molecule has 1 aliphatic carbocycles. The minimum absolute atomic E-state index is 0.0915. The van der Waals surface area contributed by atoms with Crippen molar-refractivity contribution in [2.24, 2.45) is 5.41 Å². The van der Waals surface area contributed by atoms with E-state index in [0.29, 0.717) is 19.4 Å². The van der Waals surface area contributed by atoms with E-state index in [2.05, 4.69) is 0 Å². The van der Waals surface area contributed by atoms with Gasteiger partial charge in [-0.1, -0.05) is 0 Å². The minimum Gasteiger partial charge on any atom is -0.480 e. The predicted molar refractivity (Wildman–Crippen MR) is 54.6 cm³/mol. The van der Waals surface area contributed by atoms with Crippen LogP contribution in [0.2, 0.25) is 0 Å². The number of rotatable bonds is 5. The van der Waals surface area contributed by atoms with Gasteiger partial charge in [-0.3, -0.25) is 4.90 Å². The van der Waals surface area contributed by atoms with Gasteiger partial charge in [-0.2, -0.15) is 0 Å². The summed E-state index contributed by atoms with van der Waals surface area (Å²) in [5, 5.41) is 26.6. The number of hydrogen-bond acceptors (Lipinski definition) is 4. The van der Waals surface area contributed by atoms with Crippen LogP contribution in [0.3, 0.4) is 0 Å². The van der Waals surface area contributed by atoms with E-state index in [4.69, 9.17) is 20.1 Å². The molecule has 0 radical (unpaired) electrons. The van der Waals surface area contributed by atoms with Gasteiger partial charge >= 0.3 is 12.1 Å². The Kier molecular flexibility index (Phi) is 2.96. The van der Waals surface area contributed by atoms with E-state index in [0.717, 1.165) is 4.90 Å². The van der Waals surface area contributed by atoms with Crippen LogP contribution in [0.25, 0.3) is 0 Å². The summed E-state index contributed by atoms with van der Waals surface area (Å²) in [4.78, 5) is 23.0. The standard InChI is InChI=1S/C10H15NO6/c12-1-2-17-5-10-3-6(8(13)14)11(9(15)16)7(10)4-10/h6-7,12H,1-5H2,(H,13,14)(H,15,16)/t6-,7-,10+/m0/s1. The lowest BCUT2D eigenvalue weighted by Crippen LogP contribution is -2.42. The van der Waals surface area contributed by atoms with Gasteiger partial charge in [0.05, 0.1) is 19.8 Å². The zero-order valence-electron chi connectivity index (χ0n) is 9.20. The highest BCUT2D eigenvalue weighted by Gasteiger charge is 2.67. The van der Waals surface area contributed by atoms with Crippen LogP contribution < -0.4 is 0 Å². The summed E-state index contributed by atoms with van der Waals surface area (Å²) in [6, 6.07) is -1.22. The fourth-order valence-electron chi connectivity index (χ4n) is 2.67. The highest BCUT2D eigenvalue weighted by Crippen LogP contribution is 2.59. The van der Waals surface area contributed by atoms with Crippen LogP contribution in [0, 0.1) is 5.41 Å². The lowest BCUT2D eigenvalue weighted by molar-refractivity contribution is -0.142. The molecular formula is C10H15NO6. The number of piperidine rings is 1. The van der Waals surface area contributed by atoms with Gasteiger partial charge in [-0.05, 0) is 12.8 Å². The second-order valence-corrected chi connectivity index (χ2v) is 4.61. The first kappa shape index (κ1) is 12.1. The maximum absolute atomic E-state index is 11.0. The molecule has 2 aliphatic rings. The van der Waals surface area contributed by atoms with Crippen LogP contribution >= 0.6 is 0 Å². The van der Waals surface area contributed by atoms with Crippen LogP contribution in [0.5, 0.6) is 0 Å². The molecule has 96 valence electrons. The zero-order valence-corrected chi connectivity index (χ0v) is 9.20. The van der Waals surface area contributed by atoms with Gasteiger partial charge in [0, 0.05) is 11.5 Å². The Morgan fingerprint density at radius 2 is 2.06 bits per heavy atom. The van der Waals surface area contributed by atoms with Gasteiger partial charge in [-0.15, -0.1) is 0 Å². The second kappa shape index (κ2) is 4.15. The molecule has 0 aromatic rings. The van der Waals surface area contributed by atoms with Crippen molar-refractivity contribution in [3.63, 3.8) is 0 Å². The van der Waals surface area contributed by atoms with E-state index in [-0.39, 0.29) is 24.7 Å². The van der Waals surface area contributed by atoms with E-state index in [1.807, 2.05) is 0 Å². The van der Waals surface area contributed by atoms with Gasteiger partial charge in [0.1, 0.15) is 6.04 Å². The first-order valence-corrected chi connectivity index (χ1v) is 5.44. The number of likely N-dealkylation sites (tertiary alicyclic amines) is 1. The van der Waals surface area contributed by atoms with Gasteiger partial charge < -0.3 is 20.1 Å². The van der Waals surface area contributed by atoms with Gasteiger partial charge in [0.15, 0.2) is 0 Å². The number of aliphatic hydroxyl groups is 1. The van der Waals surface area contributed by atoms with Crippen molar-refractivity contribution in [3.05, 3.63) is 0 Å². The fraction of sp³-hybridized carbons (Fsp3) is 0.800. The Labute approximate surface area is 97.6 Å². The molecule has 0 aromatic heterocycles. The summed E-state index contributed by atoms with van der Waals surface area (Å²) in [6.07, 6.45) is -0.247. The molecule has 1 saturated carbocycles. The molecule has 1 heterocycles. The van der Waals surface area contributed by atoms with Crippen molar-refractivity contribution in [1.82, 2.24) is 4.90 Å². The number of carbonyl (C=O) groups is 2. The minimum atomic E-state index is -1.19. The topological polar surface area (TPSA) is 107 Å². The Morgan fingerprint density at radius 1 is 1.35 bits per heavy atom. The van der Waals surface area contributed by atoms with E-state index < -0.39 is 18.1 Å². The summed E-state index contributed by atoms with van der Waals surface area (Å²) >= 11 is 0. The number of amides is 1. The molecule has 0 unspecified atom stereocenters. The number of aliphatic hydroxyl groups excluding tert-OH is 1. The van der Waals surface area contributed by atoms with E-state index in [9.17, 15) is 9.59 Å². The molecule has 0 spiro atoms. The molecule has 2 rings (SSSR count). The summed E-state index contributed by atoms with van der Waals surface area (Å²) in [6.45, 7) is 0.414. The number of nitrogens with zero attached hydrogens (tertiary/aromatic N) is 1. The third-order valence-corrected chi connectivity index (χ3v) is 3.55. The summed E-state index contributed by atoms with van der Waals surface area (Å²) in [7, 11) is 0. The largest absolute Gasteiger partial charge is 0.480 e. The molecule has 7 nitrogen and oxygen atoms in total. The molecule has 1 aliphatic heterocycles. The third kappa shape index (κ3) is 1.96. The molecule has 1 saturated heterocycles. The van der Waals surface area contributed by atoms with E-state index in [1.165, 1.54) is 0 Å². The molecule has 0 bridgehead atoms. The lowest BCUT2D eigenvalue weighted by atomic mass is 10.0. The number of carboxylic acids is 1. The Balaban J connectivity index is 2.02. The van der Waals surface area contributed by atoms with Crippen molar-refractivity contribution in [3.8, 4) is 0 Å². The first-order chi connectivity index (χ1) is 8.02. The average Bonchev–Trinajstić information content (AvgIpc) is 2.83. The van der Waals surface area contributed by atoms with Crippen molar-refractivity contribution in [2.75, 3.05) is 19.8 Å². The number of carboxylic acid groups (broad SMARTS) is 2. The van der Waals surface area contributed by atoms with Crippen molar-refractivity contribution in [2.45, 2.75) is 24.9 Å². The fourth-order valence-corrected chi connectivity index (χ4v) is 2.67. The lowest BCUT2D eigenvalue weighted by Gasteiger charge is -2.20. The molecule has 3 N–H and O–H groups in total. The van der Waals surface area contributed by atoms with Crippen LogP contribution in [0.4, 0.5) is 4.79 Å². The van der Waals surface area contributed by atoms with Crippen LogP contribution in [0.1, 0.15) is 12.8 Å².